The van der Waals surface area contributed by atoms with Crippen molar-refractivity contribution in [3.63, 3.8) is 0 Å². The molecule has 0 bridgehead atoms. The Morgan fingerprint density at radius 3 is 2.43 bits per heavy atom. The second kappa shape index (κ2) is 6.59. The van der Waals surface area contributed by atoms with E-state index in [1.165, 1.54) is 17.7 Å². The number of aryl methyl sites for hydroxylation is 1. The van der Waals surface area contributed by atoms with Gasteiger partial charge in [-0.15, -0.1) is 0 Å². The Balaban J connectivity index is 3.12. The highest BCUT2D eigenvalue weighted by Gasteiger charge is 2.41. The predicted octanol–water partition coefficient (Wildman–Crippen LogP) is 2.43. The minimum atomic E-state index is -4.47. The first-order chi connectivity index (χ1) is 9.51. The summed E-state index contributed by atoms with van der Waals surface area (Å²) in [5.74, 6) is -4.47. The van der Waals surface area contributed by atoms with Gasteiger partial charge in [-0.3, -0.25) is 0 Å². The molecule has 0 saturated carbocycles. The van der Waals surface area contributed by atoms with E-state index >= 15 is 0 Å². The van der Waals surface area contributed by atoms with Gasteiger partial charge in [0.15, 0.2) is 0 Å². The molecule has 0 unspecified atom stereocenters. The quantitative estimate of drug-likeness (QED) is 0.729. The number of hydrogen-bond acceptors (Lipinski definition) is 3. The van der Waals surface area contributed by atoms with E-state index in [1.807, 2.05) is 0 Å². The van der Waals surface area contributed by atoms with E-state index < -0.39 is 40.4 Å². The van der Waals surface area contributed by atoms with Gasteiger partial charge in [0.2, 0.25) is 10.0 Å². The summed E-state index contributed by atoms with van der Waals surface area (Å²) in [6, 6.07) is 2.57. The molecule has 1 rings (SSSR count). The minimum absolute atomic E-state index is 0.104. The van der Waals surface area contributed by atoms with Crippen molar-refractivity contribution < 1.29 is 31.1 Å². The maximum absolute atomic E-state index is 12.8. The van der Waals surface area contributed by atoms with Crippen LogP contribution in [0.15, 0.2) is 21.5 Å². The maximum Gasteiger partial charge on any atom is 0.320 e. The standard InChI is InChI=1S/C11H12BrF4NO3S/c1-6-2-7(4-18)3-8(9(6)12)21(19,20)17-5-11(15,16)10(13)14/h2-3,10,17-18H,4-5H2,1H3. The number of rotatable bonds is 6. The first-order valence-electron chi connectivity index (χ1n) is 5.57. The van der Waals surface area contributed by atoms with Crippen molar-refractivity contribution >= 4 is 26.0 Å². The van der Waals surface area contributed by atoms with Gasteiger partial charge in [0, 0.05) is 4.47 Å². The normalized spacial score (nSPS) is 13.0. The predicted molar refractivity (Wildman–Crippen MR) is 70.9 cm³/mol. The molecule has 0 aromatic heterocycles. The van der Waals surface area contributed by atoms with Gasteiger partial charge in [-0.1, -0.05) is 6.07 Å². The van der Waals surface area contributed by atoms with Crippen LogP contribution in [0.5, 0.6) is 0 Å². The Hall–Kier alpha value is -0.710. The summed E-state index contributed by atoms with van der Waals surface area (Å²) in [5.41, 5.74) is 0.694. The number of hydrogen-bond donors (Lipinski definition) is 2. The molecule has 0 fully saturated rings. The second-order valence-electron chi connectivity index (χ2n) is 4.27. The van der Waals surface area contributed by atoms with Crippen LogP contribution in [0.3, 0.4) is 0 Å². The highest BCUT2D eigenvalue weighted by atomic mass is 79.9. The fourth-order valence-corrected chi connectivity index (χ4v) is 3.55. The number of aliphatic hydroxyl groups is 1. The fourth-order valence-electron chi connectivity index (χ4n) is 1.44. The van der Waals surface area contributed by atoms with E-state index in [0.29, 0.717) is 5.56 Å². The Morgan fingerprint density at radius 2 is 1.95 bits per heavy atom. The van der Waals surface area contributed by atoms with Gasteiger partial charge in [-0.05, 0) is 40.0 Å². The molecular formula is C11H12BrF4NO3S. The van der Waals surface area contributed by atoms with Crippen molar-refractivity contribution in [2.45, 2.75) is 30.8 Å². The maximum atomic E-state index is 12.8. The molecule has 1 aromatic rings. The molecule has 0 heterocycles. The lowest BCUT2D eigenvalue weighted by Crippen LogP contribution is -2.41. The van der Waals surface area contributed by atoms with E-state index in [-0.39, 0.29) is 10.0 Å². The summed E-state index contributed by atoms with van der Waals surface area (Å²) < 4.78 is 75.1. The molecule has 120 valence electrons. The molecule has 0 radical (unpaired) electrons. The SMILES string of the molecule is Cc1cc(CO)cc(S(=O)(=O)NCC(F)(F)C(F)F)c1Br. The molecule has 21 heavy (non-hydrogen) atoms. The summed E-state index contributed by atoms with van der Waals surface area (Å²) in [4.78, 5) is -0.406. The third-order valence-electron chi connectivity index (χ3n) is 2.57. The van der Waals surface area contributed by atoms with E-state index in [1.54, 1.807) is 0 Å². The monoisotopic (exact) mass is 393 g/mol. The number of aliphatic hydroxyl groups excluding tert-OH is 1. The molecule has 0 aliphatic heterocycles. The van der Waals surface area contributed by atoms with Crippen molar-refractivity contribution in [1.29, 1.82) is 0 Å². The number of nitrogens with one attached hydrogen (secondary N) is 1. The lowest BCUT2D eigenvalue weighted by Gasteiger charge is -2.17. The van der Waals surface area contributed by atoms with Crippen LogP contribution in [0.4, 0.5) is 17.6 Å². The summed E-state index contributed by atoms with van der Waals surface area (Å²) in [7, 11) is -4.43. The van der Waals surface area contributed by atoms with Crippen LogP contribution in [0, 0.1) is 6.92 Å². The lowest BCUT2D eigenvalue weighted by molar-refractivity contribution is -0.122. The Bertz CT molecular complexity index is 622. The van der Waals surface area contributed by atoms with Gasteiger partial charge in [-0.2, -0.15) is 8.78 Å². The molecule has 2 N–H and O–H groups in total. The summed E-state index contributed by atoms with van der Waals surface area (Å²) in [6.07, 6.45) is -3.98. The van der Waals surface area contributed by atoms with Gasteiger partial charge < -0.3 is 5.11 Å². The molecule has 1 aromatic carbocycles. The number of sulfonamides is 1. The summed E-state index contributed by atoms with van der Waals surface area (Å²) in [6.45, 7) is -0.637. The molecule has 0 amide bonds. The van der Waals surface area contributed by atoms with Crippen molar-refractivity contribution in [2.75, 3.05) is 6.54 Å². The lowest BCUT2D eigenvalue weighted by atomic mass is 10.1. The zero-order valence-corrected chi connectivity index (χ0v) is 13.1. The van der Waals surface area contributed by atoms with Gasteiger partial charge in [0.1, 0.15) is 0 Å². The third-order valence-corrected chi connectivity index (χ3v) is 5.31. The third kappa shape index (κ3) is 4.38. The largest absolute Gasteiger partial charge is 0.392 e. The molecule has 4 nitrogen and oxygen atoms in total. The van der Waals surface area contributed by atoms with Crippen LogP contribution < -0.4 is 4.72 Å². The number of halogens is 5. The van der Waals surface area contributed by atoms with Crippen LogP contribution in [0.2, 0.25) is 0 Å². The molecule has 0 saturated heterocycles. The number of alkyl halides is 4. The van der Waals surface area contributed by atoms with Crippen LogP contribution in [0.1, 0.15) is 11.1 Å². The molecule has 0 spiro atoms. The van der Waals surface area contributed by atoms with Gasteiger partial charge in [0.05, 0.1) is 18.0 Å². The van der Waals surface area contributed by atoms with Crippen LogP contribution in [-0.2, 0) is 16.6 Å². The topological polar surface area (TPSA) is 66.4 Å². The van der Waals surface area contributed by atoms with Crippen LogP contribution >= 0.6 is 15.9 Å². The smallest absolute Gasteiger partial charge is 0.320 e. The fraction of sp³-hybridized carbons (Fsp3) is 0.455. The molecule has 0 aliphatic carbocycles. The van der Waals surface area contributed by atoms with Gasteiger partial charge in [0.25, 0.3) is 0 Å². The molecular weight excluding hydrogens is 382 g/mol. The zero-order chi connectivity index (χ0) is 16.4. The number of benzene rings is 1. The van der Waals surface area contributed by atoms with E-state index in [4.69, 9.17) is 5.11 Å². The second-order valence-corrected chi connectivity index (χ2v) is 6.80. The van der Waals surface area contributed by atoms with E-state index in [2.05, 4.69) is 15.9 Å². The first-order valence-corrected chi connectivity index (χ1v) is 7.84. The van der Waals surface area contributed by atoms with Crippen molar-refractivity contribution in [1.82, 2.24) is 4.72 Å². The van der Waals surface area contributed by atoms with Gasteiger partial charge in [-0.25, -0.2) is 21.9 Å². The Labute approximate surface area is 127 Å². The zero-order valence-electron chi connectivity index (χ0n) is 10.7. The van der Waals surface area contributed by atoms with Crippen LogP contribution in [0.25, 0.3) is 0 Å². The highest BCUT2D eigenvalue weighted by Crippen LogP contribution is 2.28. The molecule has 0 aliphatic rings. The molecule has 0 atom stereocenters. The summed E-state index contributed by atoms with van der Waals surface area (Å²) >= 11 is 2.99. The van der Waals surface area contributed by atoms with E-state index in [9.17, 15) is 26.0 Å². The van der Waals surface area contributed by atoms with Crippen LogP contribution in [-0.4, -0.2) is 32.4 Å². The van der Waals surface area contributed by atoms with Crippen molar-refractivity contribution in [3.8, 4) is 0 Å². The van der Waals surface area contributed by atoms with Crippen molar-refractivity contribution in [2.24, 2.45) is 0 Å². The highest BCUT2D eigenvalue weighted by molar-refractivity contribution is 9.10. The minimum Gasteiger partial charge on any atom is -0.392 e. The summed E-state index contributed by atoms with van der Waals surface area (Å²) in [5, 5.41) is 9.03. The van der Waals surface area contributed by atoms with Gasteiger partial charge >= 0.3 is 12.3 Å². The Morgan fingerprint density at radius 1 is 1.38 bits per heavy atom. The first kappa shape index (κ1) is 18.3. The molecule has 10 heteroatoms. The average molecular weight is 394 g/mol. The average Bonchev–Trinajstić information content (AvgIpc) is 2.39. The van der Waals surface area contributed by atoms with E-state index in [0.717, 1.165) is 6.07 Å². The van der Waals surface area contributed by atoms with Crippen molar-refractivity contribution in [3.05, 3.63) is 27.7 Å². The Kier molecular flexibility index (Phi) is 5.76.